The molecule has 1 aromatic heterocycles. The Kier molecular flexibility index (Phi) is 6.65. The van der Waals surface area contributed by atoms with Crippen LogP contribution in [0.4, 0.5) is 10.6 Å². The van der Waals surface area contributed by atoms with Crippen LogP contribution in [0.3, 0.4) is 0 Å². The molecule has 2 atom stereocenters. The van der Waals surface area contributed by atoms with Gasteiger partial charge in [0.1, 0.15) is 17.9 Å². The van der Waals surface area contributed by atoms with E-state index in [2.05, 4.69) is 30.4 Å². The van der Waals surface area contributed by atoms with Gasteiger partial charge in [0, 0.05) is 38.3 Å². The Labute approximate surface area is 165 Å². The predicted molar refractivity (Wildman–Crippen MR) is 108 cm³/mol. The first-order chi connectivity index (χ1) is 13.5. The van der Waals surface area contributed by atoms with E-state index >= 15 is 0 Å². The van der Waals surface area contributed by atoms with E-state index in [1.165, 1.54) is 0 Å². The zero-order valence-corrected chi connectivity index (χ0v) is 16.6. The number of aromatic nitrogens is 2. The van der Waals surface area contributed by atoms with Crippen LogP contribution in [0, 0.1) is 5.92 Å². The van der Waals surface area contributed by atoms with Gasteiger partial charge in [0.15, 0.2) is 0 Å². The minimum Gasteiger partial charge on any atom is -0.497 e. The lowest BCUT2D eigenvalue weighted by Crippen LogP contribution is -2.47. The molecule has 8 heteroatoms. The first kappa shape index (κ1) is 19.9. The first-order valence-electron chi connectivity index (χ1n) is 9.38. The van der Waals surface area contributed by atoms with Crippen LogP contribution in [-0.4, -0.2) is 67.8 Å². The molecule has 2 heterocycles. The van der Waals surface area contributed by atoms with Crippen molar-refractivity contribution in [3.63, 3.8) is 0 Å². The number of anilines is 1. The summed E-state index contributed by atoms with van der Waals surface area (Å²) in [7, 11) is 5.73. The van der Waals surface area contributed by atoms with Gasteiger partial charge in [-0.1, -0.05) is 12.1 Å². The van der Waals surface area contributed by atoms with Crippen LogP contribution in [0.5, 0.6) is 5.75 Å². The highest BCUT2D eigenvalue weighted by atomic mass is 16.5. The maximum Gasteiger partial charge on any atom is 0.315 e. The molecule has 0 spiro atoms. The van der Waals surface area contributed by atoms with Crippen molar-refractivity contribution >= 4 is 11.8 Å². The summed E-state index contributed by atoms with van der Waals surface area (Å²) in [6, 6.07) is 9.46. The summed E-state index contributed by atoms with van der Waals surface area (Å²) < 4.78 is 5.23. The lowest BCUT2D eigenvalue weighted by molar-refractivity contribution is 0.230. The molecule has 2 N–H and O–H groups in total. The fraction of sp³-hybridized carbons (Fsp3) is 0.450. The molecule has 2 aromatic rings. The van der Waals surface area contributed by atoms with Crippen molar-refractivity contribution < 1.29 is 9.53 Å². The predicted octanol–water partition coefficient (Wildman–Crippen LogP) is 1.35. The van der Waals surface area contributed by atoms with Gasteiger partial charge in [0.05, 0.1) is 13.2 Å². The zero-order chi connectivity index (χ0) is 19.9. The zero-order valence-electron chi connectivity index (χ0n) is 16.6. The smallest absolute Gasteiger partial charge is 0.315 e. The van der Waals surface area contributed by atoms with Crippen LogP contribution < -0.4 is 20.3 Å². The molecule has 28 heavy (non-hydrogen) atoms. The van der Waals surface area contributed by atoms with Gasteiger partial charge in [-0.3, -0.25) is 0 Å². The Morgan fingerprint density at radius 3 is 2.89 bits per heavy atom. The molecule has 150 valence electrons. The van der Waals surface area contributed by atoms with Crippen LogP contribution in [-0.2, 0) is 6.54 Å². The normalized spacial score (nSPS) is 18.9. The average molecular weight is 384 g/mol. The number of ether oxygens (including phenoxy) is 1. The first-order valence-corrected chi connectivity index (χ1v) is 9.38. The van der Waals surface area contributed by atoms with E-state index in [-0.39, 0.29) is 12.1 Å². The number of hydrogen-bond donors (Lipinski definition) is 2. The Morgan fingerprint density at radius 1 is 1.32 bits per heavy atom. The summed E-state index contributed by atoms with van der Waals surface area (Å²) in [4.78, 5) is 25.2. The molecule has 3 rings (SSSR count). The minimum absolute atomic E-state index is 0.0441. The third-order valence-electron chi connectivity index (χ3n) is 4.83. The van der Waals surface area contributed by atoms with E-state index < -0.39 is 0 Å². The third-order valence-corrected chi connectivity index (χ3v) is 4.83. The van der Waals surface area contributed by atoms with Crippen LogP contribution in [0.15, 0.2) is 42.9 Å². The van der Waals surface area contributed by atoms with Crippen LogP contribution >= 0.6 is 0 Å². The van der Waals surface area contributed by atoms with Gasteiger partial charge in [-0.25, -0.2) is 14.8 Å². The van der Waals surface area contributed by atoms with Gasteiger partial charge in [-0.15, -0.1) is 0 Å². The molecule has 1 aliphatic rings. The molecule has 1 aromatic carbocycles. The standard InChI is InChI=1S/C20H28N6O2/c1-25(2)11-16-12-26(19-7-8-21-14-23-19)13-18(16)24-20(27)22-10-15-5-4-6-17(9-15)28-3/h4-9,14,16,18H,10-13H2,1-3H3,(H2,22,24,27)/t16-,18-/m1/s1. The monoisotopic (exact) mass is 384 g/mol. The molecule has 0 aliphatic carbocycles. The molecular weight excluding hydrogens is 356 g/mol. The van der Waals surface area contributed by atoms with Crippen molar-refractivity contribution in [3.8, 4) is 5.75 Å². The average Bonchev–Trinajstić information content (AvgIpc) is 3.09. The van der Waals surface area contributed by atoms with E-state index in [1.807, 2.05) is 44.4 Å². The lowest BCUT2D eigenvalue weighted by Gasteiger charge is -2.22. The fourth-order valence-electron chi connectivity index (χ4n) is 3.53. The molecule has 1 aliphatic heterocycles. The van der Waals surface area contributed by atoms with E-state index in [0.717, 1.165) is 36.8 Å². The van der Waals surface area contributed by atoms with Crippen molar-refractivity contribution in [1.29, 1.82) is 0 Å². The number of benzene rings is 1. The van der Waals surface area contributed by atoms with Gasteiger partial charge < -0.3 is 25.2 Å². The van der Waals surface area contributed by atoms with Gasteiger partial charge in [0.25, 0.3) is 0 Å². The number of urea groups is 1. The number of rotatable bonds is 7. The van der Waals surface area contributed by atoms with Crippen molar-refractivity contribution in [3.05, 3.63) is 48.4 Å². The Morgan fingerprint density at radius 2 is 2.18 bits per heavy atom. The van der Waals surface area contributed by atoms with Crippen LogP contribution in [0.25, 0.3) is 0 Å². The number of nitrogens with zero attached hydrogens (tertiary/aromatic N) is 4. The van der Waals surface area contributed by atoms with Gasteiger partial charge >= 0.3 is 6.03 Å². The molecule has 8 nitrogen and oxygen atoms in total. The highest BCUT2D eigenvalue weighted by molar-refractivity contribution is 5.74. The summed E-state index contributed by atoms with van der Waals surface area (Å²) in [5.74, 6) is 1.98. The summed E-state index contributed by atoms with van der Waals surface area (Å²) in [5.41, 5.74) is 0.994. The molecule has 1 fully saturated rings. The number of amides is 2. The summed E-state index contributed by atoms with van der Waals surface area (Å²) >= 11 is 0. The third kappa shape index (κ3) is 5.32. The SMILES string of the molecule is COc1cccc(CNC(=O)N[C@@H]2CN(c3ccncn3)C[C@H]2CN(C)C)c1. The molecule has 0 bridgehead atoms. The molecular formula is C20H28N6O2. The largest absolute Gasteiger partial charge is 0.497 e. The number of hydrogen-bond acceptors (Lipinski definition) is 6. The minimum atomic E-state index is -0.166. The number of carbonyl (C=O) groups excluding carboxylic acids is 1. The quantitative estimate of drug-likeness (QED) is 0.750. The molecule has 0 unspecified atom stereocenters. The van der Waals surface area contributed by atoms with Gasteiger partial charge in [-0.05, 0) is 37.9 Å². The Hall–Kier alpha value is -2.87. The number of methoxy groups -OCH3 is 1. The van der Waals surface area contributed by atoms with Crippen LogP contribution in [0.2, 0.25) is 0 Å². The van der Waals surface area contributed by atoms with E-state index in [9.17, 15) is 4.79 Å². The lowest BCUT2D eigenvalue weighted by atomic mass is 10.0. The fourth-order valence-corrected chi connectivity index (χ4v) is 3.53. The highest BCUT2D eigenvalue weighted by Gasteiger charge is 2.34. The number of carbonyl (C=O) groups is 1. The molecule has 1 saturated heterocycles. The second-order valence-electron chi connectivity index (χ2n) is 7.28. The Balaban J connectivity index is 1.58. The van der Waals surface area contributed by atoms with E-state index in [0.29, 0.717) is 12.5 Å². The second kappa shape index (κ2) is 9.36. The summed E-state index contributed by atoms with van der Waals surface area (Å²) in [5, 5.41) is 6.08. The van der Waals surface area contributed by atoms with E-state index in [1.54, 1.807) is 19.6 Å². The van der Waals surface area contributed by atoms with Crippen molar-refractivity contribution in [1.82, 2.24) is 25.5 Å². The molecule has 0 radical (unpaired) electrons. The highest BCUT2D eigenvalue weighted by Crippen LogP contribution is 2.22. The molecule has 2 amide bonds. The maximum atomic E-state index is 12.5. The summed E-state index contributed by atoms with van der Waals surface area (Å²) in [6.07, 6.45) is 3.29. The van der Waals surface area contributed by atoms with E-state index in [4.69, 9.17) is 4.74 Å². The van der Waals surface area contributed by atoms with Crippen molar-refractivity contribution in [2.24, 2.45) is 5.92 Å². The van der Waals surface area contributed by atoms with Crippen LogP contribution in [0.1, 0.15) is 5.56 Å². The number of nitrogens with one attached hydrogen (secondary N) is 2. The topological polar surface area (TPSA) is 82.6 Å². The molecule has 0 saturated carbocycles. The van der Waals surface area contributed by atoms with Gasteiger partial charge in [-0.2, -0.15) is 0 Å². The van der Waals surface area contributed by atoms with Crippen molar-refractivity contribution in [2.75, 3.05) is 45.7 Å². The Bertz CT molecular complexity index is 770. The van der Waals surface area contributed by atoms with Gasteiger partial charge in [0.2, 0.25) is 0 Å². The maximum absolute atomic E-state index is 12.5. The van der Waals surface area contributed by atoms with Crippen molar-refractivity contribution in [2.45, 2.75) is 12.6 Å². The second-order valence-corrected chi connectivity index (χ2v) is 7.28. The summed E-state index contributed by atoms with van der Waals surface area (Å²) in [6.45, 7) is 2.91.